The van der Waals surface area contributed by atoms with Crippen LogP contribution in [0.4, 0.5) is 0 Å². The van der Waals surface area contributed by atoms with Crippen LogP contribution in [0.3, 0.4) is 0 Å². The summed E-state index contributed by atoms with van der Waals surface area (Å²) in [7, 11) is 0. The number of hydrogen-bond acceptors (Lipinski definition) is 4. The molecular formula is C16H36N2O2. The van der Waals surface area contributed by atoms with Crippen molar-refractivity contribution in [3.8, 4) is 0 Å². The Morgan fingerprint density at radius 2 is 1.85 bits per heavy atom. The standard InChI is InChI=1S/C16H36N2O2/c1-5-8-12-20-14-16(19)13-17-15(4)10-9-11-18(6-2)7-3/h15-17,19H,5-14H2,1-4H3. The molecule has 4 nitrogen and oxygen atoms in total. The summed E-state index contributed by atoms with van der Waals surface area (Å²) in [5, 5.41) is 13.2. The molecule has 0 saturated heterocycles. The molecule has 0 aliphatic carbocycles. The van der Waals surface area contributed by atoms with Gasteiger partial charge in [-0.1, -0.05) is 27.2 Å². The van der Waals surface area contributed by atoms with Gasteiger partial charge in [0.25, 0.3) is 0 Å². The van der Waals surface area contributed by atoms with Crippen LogP contribution in [0.5, 0.6) is 0 Å². The van der Waals surface area contributed by atoms with E-state index >= 15 is 0 Å². The minimum Gasteiger partial charge on any atom is -0.389 e. The maximum Gasteiger partial charge on any atom is 0.0897 e. The zero-order valence-corrected chi connectivity index (χ0v) is 14.0. The fourth-order valence-corrected chi connectivity index (χ4v) is 2.12. The summed E-state index contributed by atoms with van der Waals surface area (Å²) in [6.07, 6.45) is 4.18. The number of nitrogens with one attached hydrogen (secondary N) is 1. The van der Waals surface area contributed by atoms with E-state index in [1.54, 1.807) is 0 Å². The third-order valence-electron chi connectivity index (χ3n) is 3.66. The minimum absolute atomic E-state index is 0.392. The molecule has 0 aromatic heterocycles. The van der Waals surface area contributed by atoms with Gasteiger partial charge < -0.3 is 20.1 Å². The highest BCUT2D eigenvalue weighted by molar-refractivity contribution is 4.66. The van der Waals surface area contributed by atoms with Crippen LogP contribution >= 0.6 is 0 Å². The summed E-state index contributed by atoms with van der Waals surface area (Å²) in [6, 6.07) is 0.454. The van der Waals surface area contributed by atoms with E-state index in [1.165, 1.54) is 13.0 Å². The van der Waals surface area contributed by atoms with Crippen molar-refractivity contribution in [1.82, 2.24) is 10.2 Å². The summed E-state index contributed by atoms with van der Waals surface area (Å²) in [4.78, 5) is 2.45. The predicted molar refractivity (Wildman–Crippen MR) is 86.2 cm³/mol. The molecule has 2 unspecified atom stereocenters. The van der Waals surface area contributed by atoms with E-state index in [1.807, 2.05) is 0 Å². The SMILES string of the molecule is CCCCOCC(O)CNC(C)CCCN(CC)CC. The lowest BCUT2D eigenvalue weighted by Gasteiger charge is -2.20. The summed E-state index contributed by atoms with van der Waals surface area (Å²) < 4.78 is 5.41. The van der Waals surface area contributed by atoms with Crippen LogP contribution in [-0.4, -0.2) is 61.5 Å². The number of aliphatic hydroxyl groups excluding tert-OH is 1. The van der Waals surface area contributed by atoms with E-state index < -0.39 is 6.10 Å². The molecular weight excluding hydrogens is 252 g/mol. The molecule has 0 saturated carbocycles. The zero-order chi connectivity index (χ0) is 15.2. The van der Waals surface area contributed by atoms with Crippen molar-refractivity contribution < 1.29 is 9.84 Å². The van der Waals surface area contributed by atoms with Gasteiger partial charge in [0.15, 0.2) is 0 Å². The van der Waals surface area contributed by atoms with Gasteiger partial charge in [0.2, 0.25) is 0 Å². The van der Waals surface area contributed by atoms with Gasteiger partial charge in [0, 0.05) is 19.2 Å². The highest BCUT2D eigenvalue weighted by Gasteiger charge is 2.08. The number of aliphatic hydroxyl groups is 1. The Labute approximate surface area is 125 Å². The fourth-order valence-electron chi connectivity index (χ4n) is 2.12. The Kier molecular flexibility index (Phi) is 13.7. The minimum atomic E-state index is -0.392. The highest BCUT2D eigenvalue weighted by Crippen LogP contribution is 2.00. The smallest absolute Gasteiger partial charge is 0.0897 e. The molecule has 122 valence electrons. The quantitative estimate of drug-likeness (QED) is 0.481. The molecule has 0 aromatic carbocycles. The van der Waals surface area contributed by atoms with Crippen LogP contribution in [0.1, 0.15) is 53.4 Å². The summed E-state index contributed by atoms with van der Waals surface area (Å²) in [5.74, 6) is 0. The first kappa shape index (κ1) is 19.8. The summed E-state index contributed by atoms with van der Waals surface area (Å²) >= 11 is 0. The molecule has 2 N–H and O–H groups in total. The number of rotatable bonds is 14. The summed E-state index contributed by atoms with van der Waals surface area (Å²) in [6.45, 7) is 14.0. The monoisotopic (exact) mass is 288 g/mol. The van der Waals surface area contributed by atoms with Crippen molar-refractivity contribution in [2.75, 3.05) is 39.4 Å². The van der Waals surface area contributed by atoms with Crippen molar-refractivity contribution >= 4 is 0 Å². The van der Waals surface area contributed by atoms with Crippen LogP contribution in [0.2, 0.25) is 0 Å². The van der Waals surface area contributed by atoms with E-state index in [-0.39, 0.29) is 0 Å². The average Bonchev–Trinajstić information content (AvgIpc) is 2.46. The Hall–Kier alpha value is -0.160. The van der Waals surface area contributed by atoms with E-state index in [4.69, 9.17) is 4.74 Å². The Morgan fingerprint density at radius 1 is 1.15 bits per heavy atom. The fraction of sp³-hybridized carbons (Fsp3) is 1.00. The number of hydrogen-bond donors (Lipinski definition) is 2. The summed E-state index contributed by atoms with van der Waals surface area (Å²) in [5.41, 5.74) is 0. The molecule has 20 heavy (non-hydrogen) atoms. The topological polar surface area (TPSA) is 44.7 Å². The second kappa shape index (κ2) is 13.8. The number of unbranched alkanes of at least 4 members (excludes halogenated alkanes) is 1. The molecule has 0 amide bonds. The van der Waals surface area contributed by atoms with E-state index in [0.29, 0.717) is 19.2 Å². The molecule has 0 aliphatic heterocycles. The van der Waals surface area contributed by atoms with Gasteiger partial charge in [0.05, 0.1) is 12.7 Å². The number of ether oxygens (including phenoxy) is 1. The molecule has 0 rings (SSSR count). The Morgan fingerprint density at radius 3 is 2.45 bits per heavy atom. The van der Waals surface area contributed by atoms with Gasteiger partial charge in [-0.15, -0.1) is 0 Å². The lowest BCUT2D eigenvalue weighted by atomic mass is 10.1. The van der Waals surface area contributed by atoms with Gasteiger partial charge in [-0.05, 0) is 45.8 Å². The van der Waals surface area contributed by atoms with Crippen LogP contribution in [-0.2, 0) is 4.74 Å². The normalized spacial score (nSPS) is 14.7. The van der Waals surface area contributed by atoms with Gasteiger partial charge >= 0.3 is 0 Å². The van der Waals surface area contributed by atoms with Gasteiger partial charge in [-0.3, -0.25) is 0 Å². The van der Waals surface area contributed by atoms with E-state index in [0.717, 1.165) is 39.0 Å². The van der Waals surface area contributed by atoms with Crippen LogP contribution in [0.25, 0.3) is 0 Å². The predicted octanol–water partition coefficient (Wildman–Crippen LogP) is 2.26. The van der Waals surface area contributed by atoms with E-state index in [2.05, 4.69) is 37.9 Å². The van der Waals surface area contributed by atoms with Gasteiger partial charge in [0.1, 0.15) is 0 Å². The largest absolute Gasteiger partial charge is 0.389 e. The third kappa shape index (κ3) is 11.6. The van der Waals surface area contributed by atoms with Crippen LogP contribution < -0.4 is 5.32 Å². The molecule has 0 aromatic rings. The first-order chi connectivity index (χ1) is 9.63. The van der Waals surface area contributed by atoms with Gasteiger partial charge in [-0.2, -0.15) is 0 Å². The lowest BCUT2D eigenvalue weighted by molar-refractivity contribution is 0.0346. The van der Waals surface area contributed by atoms with Crippen molar-refractivity contribution in [3.05, 3.63) is 0 Å². The second-order valence-corrected chi connectivity index (χ2v) is 5.56. The second-order valence-electron chi connectivity index (χ2n) is 5.56. The molecule has 0 aliphatic rings. The molecule has 0 spiro atoms. The third-order valence-corrected chi connectivity index (χ3v) is 3.66. The van der Waals surface area contributed by atoms with Crippen LogP contribution in [0.15, 0.2) is 0 Å². The Balaban J connectivity index is 3.49. The maximum atomic E-state index is 9.79. The van der Waals surface area contributed by atoms with Gasteiger partial charge in [-0.25, -0.2) is 0 Å². The first-order valence-electron chi connectivity index (χ1n) is 8.35. The Bertz CT molecular complexity index is 199. The zero-order valence-electron chi connectivity index (χ0n) is 14.0. The molecule has 4 heteroatoms. The molecule has 0 bridgehead atoms. The van der Waals surface area contributed by atoms with Crippen molar-refractivity contribution in [3.63, 3.8) is 0 Å². The van der Waals surface area contributed by atoms with Crippen LogP contribution in [0, 0.1) is 0 Å². The average molecular weight is 288 g/mol. The maximum absolute atomic E-state index is 9.79. The highest BCUT2D eigenvalue weighted by atomic mass is 16.5. The molecule has 0 heterocycles. The molecule has 0 fully saturated rings. The molecule has 2 atom stereocenters. The lowest BCUT2D eigenvalue weighted by Crippen LogP contribution is -2.36. The van der Waals surface area contributed by atoms with E-state index in [9.17, 15) is 5.11 Å². The number of nitrogens with zero attached hydrogens (tertiary/aromatic N) is 1. The van der Waals surface area contributed by atoms with Crippen molar-refractivity contribution in [2.24, 2.45) is 0 Å². The molecule has 0 radical (unpaired) electrons. The first-order valence-corrected chi connectivity index (χ1v) is 8.35. The van der Waals surface area contributed by atoms with Crippen molar-refractivity contribution in [2.45, 2.75) is 65.5 Å². The van der Waals surface area contributed by atoms with Crippen molar-refractivity contribution in [1.29, 1.82) is 0 Å².